The summed E-state index contributed by atoms with van der Waals surface area (Å²) in [5, 5.41) is 2.05. The molecule has 0 spiro atoms. The highest BCUT2D eigenvalue weighted by molar-refractivity contribution is 5.94. The summed E-state index contributed by atoms with van der Waals surface area (Å²) in [4.78, 5) is 11.8. The fraction of sp³-hybridized carbons (Fsp3) is 0.133. The number of amides is 1. The van der Waals surface area contributed by atoms with E-state index in [1.807, 2.05) is 5.32 Å². The number of benzene rings is 2. The molecule has 7 heteroatoms. The summed E-state index contributed by atoms with van der Waals surface area (Å²) in [6.07, 6.45) is -1.18. The minimum Gasteiger partial charge on any atom is -0.478 e. The van der Waals surface area contributed by atoms with Crippen molar-refractivity contribution >= 4 is 11.6 Å². The normalized spacial score (nSPS) is 11.9. The van der Waals surface area contributed by atoms with E-state index in [1.165, 1.54) is 25.1 Å². The van der Waals surface area contributed by atoms with Gasteiger partial charge in [0, 0.05) is 0 Å². The van der Waals surface area contributed by atoms with Gasteiger partial charge in [0.2, 0.25) is 0 Å². The van der Waals surface area contributed by atoms with Crippen molar-refractivity contribution in [2.24, 2.45) is 0 Å². The van der Waals surface area contributed by atoms with Crippen molar-refractivity contribution < 1.29 is 27.1 Å². The van der Waals surface area contributed by atoms with E-state index in [4.69, 9.17) is 4.74 Å². The molecule has 2 aromatic carbocycles. The van der Waals surface area contributed by atoms with E-state index in [9.17, 15) is 22.4 Å². The molecule has 0 bridgehead atoms. The molecule has 0 unspecified atom stereocenters. The van der Waals surface area contributed by atoms with Gasteiger partial charge >= 0.3 is 0 Å². The van der Waals surface area contributed by atoms with Gasteiger partial charge in [-0.1, -0.05) is 12.1 Å². The summed E-state index contributed by atoms with van der Waals surface area (Å²) in [5.74, 6) is -6.25. The average Bonchev–Trinajstić information content (AvgIpc) is 2.50. The lowest BCUT2D eigenvalue weighted by molar-refractivity contribution is -0.122. The average molecular weight is 313 g/mol. The third kappa shape index (κ3) is 3.36. The first-order chi connectivity index (χ1) is 10.4. The lowest BCUT2D eigenvalue weighted by Crippen LogP contribution is -2.30. The highest BCUT2D eigenvalue weighted by Gasteiger charge is 2.20. The zero-order valence-corrected chi connectivity index (χ0v) is 11.4. The Hall–Kier alpha value is -2.57. The monoisotopic (exact) mass is 313 g/mol. The second-order valence-electron chi connectivity index (χ2n) is 4.40. The Bertz CT molecular complexity index is 706. The van der Waals surface area contributed by atoms with E-state index < -0.39 is 41.0 Å². The highest BCUT2D eigenvalue weighted by atomic mass is 19.2. The van der Waals surface area contributed by atoms with Crippen LogP contribution in [0.15, 0.2) is 36.4 Å². The second-order valence-corrected chi connectivity index (χ2v) is 4.40. The molecule has 1 atom stereocenters. The molecule has 116 valence electrons. The van der Waals surface area contributed by atoms with Gasteiger partial charge in [0.25, 0.3) is 5.91 Å². The molecule has 0 aromatic heterocycles. The van der Waals surface area contributed by atoms with Crippen molar-refractivity contribution in [3.8, 4) is 5.75 Å². The zero-order chi connectivity index (χ0) is 16.3. The number of hydrogen-bond donors (Lipinski definition) is 1. The van der Waals surface area contributed by atoms with Gasteiger partial charge in [-0.2, -0.15) is 0 Å². The first-order valence-electron chi connectivity index (χ1n) is 6.25. The van der Waals surface area contributed by atoms with Crippen molar-refractivity contribution in [1.82, 2.24) is 0 Å². The van der Waals surface area contributed by atoms with Gasteiger partial charge in [0.05, 0.1) is 5.69 Å². The van der Waals surface area contributed by atoms with Crippen LogP contribution in [0.2, 0.25) is 0 Å². The van der Waals surface area contributed by atoms with Crippen LogP contribution in [0, 0.1) is 23.3 Å². The van der Waals surface area contributed by atoms with Crippen molar-refractivity contribution in [2.45, 2.75) is 13.0 Å². The number of carbonyl (C=O) groups excluding carboxylic acids is 1. The second kappa shape index (κ2) is 6.46. The molecule has 0 aliphatic rings. The van der Waals surface area contributed by atoms with Gasteiger partial charge in [-0.3, -0.25) is 4.79 Å². The highest BCUT2D eigenvalue weighted by Crippen LogP contribution is 2.21. The van der Waals surface area contributed by atoms with Crippen LogP contribution in [-0.2, 0) is 4.79 Å². The number of anilines is 1. The number of rotatable bonds is 4. The minimum atomic E-state index is -1.69. The number of hydrogen-bond acceptors (Lipinski definition) is 2. The molecular weight excluding hydrogens is 302 g/mol. The van der Waals surface area contributed by atoms with Crippen molar-refractivity contribution in [1.29, 1.82) is 0 Å². The SMILES string of the molecule is C[C@H](Oc1ccccc1F)C(=O)Nc1ccc(F)c(F)c1F. The predicted octanol–water partition coefficient (Wildman–Crippen LogP) is 3.65. The van der Waals surface area contributed by atoms with E-state index in [2.05, 4.69) is 0 Å². The first-order valence-corrected chi connectivity index (χ1v) is 6.25. The van der Waals surface area contributed by atoms with E-state index in [0.717, 1.165) is 12.1 Å². The first kappa shape index (κ1) is 15.8. The molecule has 0 aliphatic carbocycles. The maximum absolute atomic E-state index is 13.4. The van der Waals surface area contributed by atoms with Gasteiger partial charge in [0.1, 0.15) is 0 Å². The van der Waals surface area contributed by atoms with E-state index in [0.29, 0.717) is 6.07 Å². The number of nitrogens with one attached hydrogen (secondary N) is 1. The van der Waals surface area contributed by atoms with Crippen LogP contribution < -0.4 is 10.1 Å². The number of para-hydroxylation sites is 1. The van der Waals surface area contributed by atoms with Crippen LogP contribution in [-0.4, -0.2) is 12.0 Å². The van der Waals surface area contributed by atoms with E-state index >= 15 is 0 Å². The Morgan fingerprint density at radius 1 is 1.00 bits per heavy atom. The third-order valence-corrected chi connectivity index (χ3v) is 2.80. The molecule has 0 saturated carbocycles. The third-order valence-electron chi connectivity index (χ3n) is 2.80. The minimum absolute atomic E-state index is 0.157. The van der Waals surface area contributed by atoms with Crippen LogP contribution in [0.3, 0.4) is 0 Å². The van der Waals surface area contributed by atoms with Gasteiger partial charge in [-0.25, -0.2) is 17.6 Å². The molecule has 2 rings (SSSR count). The standard InChI is InChI=1S/C15H11F4NO2/c1-8(22-12-5-3-2-4-9(12)16)15(21)20-11-7-6-10(17)13(18)14(11)19/h2-8H,1H3,(H,20,21)/t8-/m0/s1. The largest absolute Gasteiger partial charge is 0.478 e. The molecule has 1 amide bonds. The number of carbonyl (C=O) groups is 1. The van der Waals surface area contributed by atoms with Crippen molar-refractivity contribution in [3.05, 3.63) is 59.7 Å². The summed E-state index contributed by atoms with van der Waals surface area (Å²) < 4.78 is 57.8. The van der Waals surface area contributed by atoms with Crippen molar-refractivity contribution in [3.63, 3.8) is 0 Å². The van der Waals surface area contributed by atoms with Crippen LogP contribution in [0.1, 0.15) is 6.92 Å². The molecule has 22 heavy (non-hydrogen) atoms. The van der Waals surface area contributed by atoms with Gasteiger partial charge < -0.3 is 10.1 Å². The fourth-order valence-corrected chi connectivity index (χ4v) is 1.64. The van der Waals surface area contributed by atoms with Gasteiger partial charge in [0.15, 0.2) is 35.1 Å². The van der Waals surface area contributed by atoms with Gasteiger partial charge in [-0.05, 0) is 31.2 Å². The number of halogens is 4. The van der Waals surface area contributed by atoms with Crippen LogP contribution in [0.4, 0.5) is 23.2 Å². The molecule has 0 heterocycles. The summed E-state index contributed by atoms with van der Waals surface area (Å²) in [5.41, 5.74) is -0.534. The molecule has 1 N–H and O–H groups in total. The van der Waals surface area contributed by atoms with E-state index in [-0.39, 0.29) is 5.75 Å². The Labute approximate surface area is 123 Å². The predicted molar refractivity (Wildman–Crippen MR) is 71.4 cm³/mol. The van der Waals surface area contributed by atoms with Crippen LogP contribution >= 0.6 is 0 Å². The van der Waals surface area contributed by atoms with Gasteiger partial charge in [-0.15, -0.1) is 0 Å². The summed E-state index contributed by atoms with van der Waals surface area (Å²) in [6, 6.07) is 6.98. The molecule has 0 fully saturated rings. The Morgan fingerprint density at radius 3 is 2.36 bits per heavy atom. The Kier molecular flexibility index (Phi) is 4.65. The maximum Gasteiger partial charge on any atom is 0.265 e. The zero-order valence-electron chi connectivity index (χ0n) is 11.4. The lowest BCUT2D eigenvalue weighted by atomic mass is 10.2. The van der Waals surface area contributed by atoms with Crippen LogP contribution in [0.25, 0.3) is 0 Å². The fourth-order valence-electron chi connectivity index (χ4n) is 1.64. The molecule has 0 saturated heterocycles. The molecule has 3 nitrogen and oxygen atoms in total. The Morgan fingerprint density at radius 2 is 1.68 bits per heavy atom. The topological polar surface area (TPSA) is 38.3 Å². The molecule has 2 aromatic rings. The van der Waals surface area contributed by atoms with E-state index in [1.54, 1.807) is 0 Å². The molecule has 0 aliphatic heterocycles. The Balaban J connectivity index is 2.09. The lowest BCUT2D eigenvalue weighted by Gasteiger charge is -2.15. The molecular formula is C15H11F4NO2. The summed E-state index contributed by atoms with van der Waals surface area (Å²) >= 11 is 0. The van der Waals surface area contributed by atoms with Crippen LogP contribution in [0.5, 0.6) is 5.75 Å². The smallest absolute Gasteiger partial charge is 0.265 e. The quantitative estimate of drug-likeness (QED) is 0.691. The van der Waals surface area contributed by atoms with Crippen molar-refractivity contribution in [2.75, 3.05) is 5.32 Å². The molecule has 0 radical (unpaired) electrons. The number of ether oxygens (including phenoxy) is 1. The summed E-state index contributed by atoms with van der Waals surface area (Å²) in [7, 11) is 0. The summed E-state index contributed by atoms with van der Waals surface area (Å²) in [6.45, 7) is 1.31. The maximum atomic E-state index is 13.4.